The van der Waals surface area contributed by atoms with Gasteiger partial charge in [0, 0.05) is 25.2 Å². The Kier molecular flexibility index (Phi) is 3.71. The molecule has 0 bridgehead atoms. The van der Waals surface area contributed by atoms with Crippen LogP contribution in [-0.4, -0.2) is 20.5 Å². The molecule has 2 heterocycles. The van der Waals surface area contributed by atoms with Gasteiger partial charge in [-0.15, -0.1) is 0 Å². The molecule has 0 radical (unpaired) electrons. The number of hydrogen-bond acceptors (Lipinski definition) is 3. The summed E-state index contributed by atoms with van der Waals surface area (Å²) >= 11 is 6.14. The van der Waals surface area contributed by atoms with Crippen molar-refractivity contribution in [3.05, 3.63) is 45.5 Å². The Bertz CT molecular complexity index is 646. The van der Waals surface area contributed by atoms with Crippen LogP contribution in [0.15, 0.2) is 12.3 Å². The molecule has 0 aliphatic rings. The normalized spacial score (nSPS) is 10.8. The van der Waals surface area contributed by atoms with Crippen molar-refractivity contribution in [3.8, 4) is 0 Å². The predicted octanol–water partition coefficient (Wildman–Crippen LogP) is 2.82. The zero-order valence-electron chi connectivity index (χ0n) is 11.5. The van der Waals surface area contributed by atoms with E-state index in [1.807, 2.05) is 26.8 Å². The number of halogens is 1. The van der Waals surface area contributed by atoms with Crippen LogP contribution >= 0.6 is 11.6 Å². The van der Waals surface area contributed by atoms with E-state index >= 15 is 0 Å². The maximum atomic E-state index is 12.3. The molecule has 0 unspecified atom stereocenters. The molecular weight excluding hydrogens is 262 g/mol. The Hall–Kier alpha value is -1.68. The Morgan fingerprint density at radius 3 is 2.58 bits per heavy atom. The molecule has 2 aromatic heterocycles. The quantitative estimate of drug-likeness (QED) is 0.811. The minimum atomic E-state index is -0.0319. The van der Waals surface area contributed by atoms with Crippen LogP contribution in [-0.2, 0) is 13.5 Å². The summed E-state index contributed by atoms with van der Waals surface area (Å²) in [5.74, 6) is -0.0319. The van der Waals surface area contributed by atoms with Crippen LogP contribution in [0.4, 0.5) is 0 Å². The van der Waals surface area contributed by atoms with E-state index in [9.17, 15) is 4.79 Å². The highest BCUT2D eigenvalue weighted by molar-refractivity contribution is 6.30. The van der Waals surface area contributed by atoms with Crippen molar-refractivity contribution in [3.63, 3.8) is 0 Å². The molecule has 0 aliphatic heterocycles. The van der Waals surface area contributed by atoms with Gasteiger partial charge in [0.1, 0.15) is 10.8 Å². The standard InChI is InChI=1S/C14H16ClN3O/c1-8-5-9(2)13(16-7-8)12(19)6-11-10(3)17-18(4)14(11)15/h5,7H,6H2,1-4H3. The summed E-state index contributed by atoms with van der Waals surface area (Å²) in [6, 6.07) is 1.96. The van der Waals surface area contributed by atoms with Gasteiger partial charge in [-0.05, 0) is 31.9 Å². The van der Waals surface area contributed by atoms with Gasteiger partial charge in [-0.25, -0.2) is 0 Å². The molecule has 2 rings (SSSR count). The molecule has 0 atom stereocenters. The van der Waals surface area contributed by atoms with Crippen LogP contribution in [0, 0.1) is 20.8 Å². The van der Waals surface area contributed by atoms with Gasteiger partial charge in [0.25, 0.3) is 0 Å². The lowest BCUT2D eigenvalue weighted by atomic mass is 10.0. The number of aromatic nitrogens is 3. The second-order valence-electron chi connectivity index (χ2n) is 4.76. The van der Waals surface area contributed by atoms with E-state index in [0.29, 0.717) is 10.8 Å². The van der Waals surface area contributed by atoms with Crippen LogP contribution < -0.4 is 0 Å². The van der Waals surface area contributed by atoms with Crippen LogP contribution in [0.1, 0.15) is 32.9 Å². The Morgan fingerprint density at radius 2 is 2.05 bits per heavy atom. The zero-order valence-corrected chi connectivity index (χ0v) is 12.2. The summed E-state index contributed by atoms with van der Waals surface area (Å²) in [6.07, 6.45) is 1.94. The molecule has 0 saturated carbocycles. The highest BCUT2D eigenvalue weighted by Gasteiger charge is 2.18. The highest BCUT2D eigenvalue weighted by Crippen LogP contribution is 2.21. The minimum Gasteiger partial charge on any atom is -0.292 e. The lowest BCUT2D eigenvalue weighted by Gasteiger charge is -2.05. The molecular formula is C14H16ClN3O. The van der Waals surface area contributed by atoms with E-state index in [-0.39, 0.29) is 12.2 Å². The first-order chi connectivity index (χ1) is 8.90. The topological polar surface area (TPSA) is 47.8 Å². The summed E-state index contributed by atoms with van der Waals surface area (Å²) < 4.78 is 1.58. The SMILES string of the molecule is Cc1cnc(C(=O)Cc2c(C)nn(C)c2Cl)c(C)c1. The van der Waals surface area contributed by atoms with Crippen molar-refractivity contribution in [1.82, 2.24) is 14.8 Å². The molecule has 0 aliphatic carbocycles. The van der Waals surface area contributed by atoms with Gasteiger partial charge >= 0.3 is 0 Å². The Labute approximate surface area is 117 Å². The van der Waals surface area contributed by atoms with Gasteiger partial charge in [-0.1, -0.05) is 17.7 Å². The molecule has 0 aromatic carbocycles. The van der Waals surface area contributed by atoms with E-state index in [2.05, 4.69) is 10.1 Å². The van der Waals surface area contributed by atoms with Crippen molar-refractivity contribution in [1.29, 1.82) is 0 Å². The first-order valence-electron chi connectivity index (χ1n) is 6.04. The number of rotatable bonds is 3. The van der Waals surface area contributed by atoms with Gasteiger partial charge in [0.05, 0.1) is 5.69 Å². The molecule has 0 fully saturated rings. The third kappa shape index (κ3) is 2.68. The van der Waals surface area contributed by atoms with E-state index in [1.165, 1.54) is 0 Å². The number of hydrogen-bond donors (Lipinski definition) is 0. The Balaban J connectivity index is 2.31. The fraction of sp³-hybridized carbons (Fsp3) is 0.357. The molecule has 100 valence electrons. The second kappa shape index (κ2) is 5.13. The van der Waals surface area contributed by atoms with E-state index in [4.69, 9.17) is 11.6 Å². The Morgan fingerprint density at radius 1 is 1.37 bits per heavy atom. The maximum Gasteiger partial charge on any atom is 0.185 e. The van der Waals surface area contributed by atoms with E-state index < -0.39 is 0 Å². The number of carbonyl (C=O) groups excluding carboxylic acids is 1. The van der Waals surface area contributed by atoms with Crippen LogP contribution in [0.25, 0.3) is 0 Å². The second-order valence-corrected chi connectivity index (χ2v) is 5.11. The van der Waals surface area contributed by atoms with E-state index in [0.717, 1.165) is 22.4 Å². The molecule has 0 spiro atoms. The van der Waals surface area contributed by atoms with Crippen molar-refractivity contribution >= 4 is 17.4 Å². The van der Waals surface area contributed by atoms with E-state index in [1.54, 1.807) is 17.9 Å². The smallest absolute Gasteiger partial charge is 0.185 e. The predicted molar refractivity (Wildman–Crippen MR) is 74.7 cm³/mol. The van der Waals surface area contributed by atoms with Crippen molar-refractivity contribution in [2.75, 3.05) is 0 Å². The first-order valence-corrected chi connectivity index (χ1v) is 6.42. The summed E-state index contributed by atoms with van der Waals surface area (Å²) in [4.78, 5) is 16.5. The number of pyridine rings is 1. The van der Waals surface area contributed by atoms with Gasteiger partial charge in [0.15, 0.2) is 5.78 Å². The lowest BCUT2D eigenvalue weighted by molar-refractivity contribution is 0.0987. The third-order valence-electron chi connectivity index (χ3n) is 3.09. The largest absolute Gasteiger partial charge is 0.292 e. The average Bonchev–Trinajstić information content (AvgIpc) is 2.56. The fourth-order valence-corrected chi connectivity index (χ4v) is 2.37. The van der Waals surface area contributed by atoms with Gasteiger partial charge in [0.2, 0.25) is 0 Å². The number of aryl methyl sites for hydroxylation is 4. The molecule has 0 N–H and O–H groups in total. The molecule has 5 heteroatoms. The van der Waals surface area contributed by atoms with Crippen molar-refractivity contribution in [2.45, 2.75) is 27.2 Å². The molecule has 4 nitrogen and oxygen atoms in total. The zero-order chi connectivity index (χ0) is 14.2. The lowest BCUT2D eigenvalue weighted by Crippen LogP contribution is -2.09. The highest BCUT2D eigenvalue weighted by atomic mass is 35.5. The third-order valence-corrected chi connectivity index (χ3v) is 3.56. The number of carbonyl (C=O) groups is 1. The molecule has 0 amide bonds. The number of Topliss-reactive ketones (excluding diaryl/α,β-unsaturated/α-hetero) is 1. The van der Waals surface area contributed by atoms with Gasteiger partial charge in [-0.2, -0.15) is 5.10 Å². The summed E-state index contributed by atoms with van der Waals surface area (Å²) in [7, 11) is 1.76. The van der Waals surface area contributed by atoms with Gasteiger partial charge < -0.3 is 0 Å². The monoisotopic (exact) mass is 277 g/mol. The van der Waals surface area contributed by atoms with Crippen LogP contribution in [0.3, 0.4) is 0 Å². The molecule has 0 saturated heterocycles. The number of nitrogens with zero attached hydrogens (tertiary/aromatic N) is 3. The number of ketones is 1. The van der Waals surface area contributed by atoms with Crippen LogP contribution in [0.5, 0.6) is 0 Å². The maximum absolute atomic E-state index is 12.3. The summed E-state index contributed by atoms with van der Waals surface area (Å²) in [5, 5.41) is 4.72. The first kappa shape index (κ1) is 13.7. The van der Waals surface area contributed by atoms with Crippen molar-refractivity contribution < 1.29 is 4.79 Å². The molecule has 19 heavy (non-hydrogen) atoms. The fourth-order valence-electron chi connectivity index (χ4n) is 2.13. The molecule has 2 aromatic rings. The summed E-state index contributed by atoms with van der Waals surface area (Å²) in [5.41, 5.74) is 4.00. The van der Waals surface area contributed by atoms with Gasteiger partial charge in [-0.3, -0.25) is 14.5 Å². The van der Waals surface area contributed by atoms with Crippen LogP contribution in [0.2, 0.25) is 5.15 Å². The van der Waals surface area contributed by atoms with Crippen molar-refractivity contribution in [2.24, 2.45) is 7.05 Å². The summed E-state index contributed by atoms with van der Waals surface area (Å²) in [6.45, 7) is 5.70. The minimum absolute atomic E-state index is 0.0319. The average molecular weight is 278 g/mol.